The van der Waals surface area contributed by atoms with Gasteiger partial charge in [0.05, 0.1) is 5.54 Å². The van der Waals surface area contributed by atoms with Crippen LogP contribution < -0.4 is 4.90 Å². The lowest BCUT2D eigenvalue weighted by Crippen LogP contribution is -2.54. The minimum atomic E-state index is -0.000738. The van der Waals surface area contributed by atoms with Crippen molar-refractivity contribution in [3.63, 3.8) is 0 Å². The van der Waals surface area contributed by atoms with Gasteiger partial charge in [-0.3, -0.25) is 4.98 Å². The summed E-state index contributed by atoms with van der Waals surface area (Å²) in [5.41, 5.74) is 11.8. The highest BCUT2D eigenvalue weighted by atomic mass is 15.3. The van der Waals surface area contributed by atoms with Gasteiger partial charge in [-0.2, -0.15) is 0 Å². The van der Waals surface area contributed by atoms with Crippen LogP contribution in [0, 0.1) is 0 Å². The molecule has 8 aromatic rings. The van der Waals surface area contributed by atoms with Crippen molar-refractivity contribution in [2.75, 3.05) is 4.90 Å². The van der Waals surface area contributed by atoms with E-state index in [2.05, 4.69) is 157 Å². The number of benzene rings is 7. The highest BCUT2D eigenvalue weighted by Gasteiger charge is 2.57. The molecule has 0 radical (unpaired) electrons. The van der Waals surface area contributed by atoms with Crippen LogP contribution in [0.5, 0.6) is 0 Å². The third-order valence-corrected chi connectivity index (χ3v) is 12.3. The van der Waals surface area contributed by atoms with Gasteiger partial charge in [0.15, 0.2) is 0 Å². The van der Waals surface area contributed by atoms with Gasteiger partial charge in [0, 0.05) is 29.2 Å². The van der Waals surface area contributed by atoms with Gasteiger partial charge in [-0.15, -0.1) is 0 Å². The van der Waals surface area contributed by atoms with Crippen molar-refractivity contribution < 1.29 is 0 Å². The molecule has 7 aromatic carbocycles. The first-order valence-corrected chi connectivity index (χ1v) is 17.8. The number of rotatable bonds is 4. The average molecular weight is 631 g/mol. The molecule has 2 unspecified atom stereocenters. The second-order valence-electron chi connectivity index (χ2n) is 14.6. The van der Waals surface area contributed by atoms with Crippen LogP contribution in [-0.2, 0) is 5.41 Å². The summed E-state index contributed by atoms with van der Waals surface area (Å²) in [6.07, 6.45) is 8.76. The molecule has 1 aliphatic heterocycles. The van der Waals surface area contributed by atoms with Crippen molar-refractivity contribution >= 4 is 43.7 Å². The lowest BCUT2D eigenvalue weighted by molar-refractivity contribution is 0.195. The monoisotopic (exact) mass is 630 g/mol. The number of nitrogens with zero attached hydrogens (tertiary/aromatic N) is 2. The van der Waals surface area contributed by atoms with Gasteiger partial charge >= 0.3 is 0 Å². The van der Waals surface area contributed by atoms with E-state index in [1.807, 2.05) is 12.4 Å². The first-order chi connectivity index (χ1) is 24.0. The smallest absolute Gasteiger partial charge is 0.0517 e. The zero-order valence-corrected chi connectivity index (χ0v) is 28.1. The normalized spacial score (nSPS) is 20.2. The predicted molar refractivity (Wildman–Crippen MR) is 207 cm³/mol. The summed E-state index contributed by atoms with van der Waals surface area (Å²) >= 11 is 0. The molecule has 1 saturated carbocycles. The number of anilines is 2. The van der Waals surface area contributed by atoms with Gasteiger partial charge in [-0.25, -0.2) is 0 Å². The molecule has 2 atom stereocenters. The molecular weight excluding hydrogens is 593 g/mol. The molecule has 0 bridgehead atoms. The Hall–Kier alpha value is -5.47. The summed E-state index contributed by atoms with van der Waals surface area (Å²) in [4.78, 5) is 7.00. The fourth-order valence-corrected chi connectivity index (χ4v) is 9.66. The van der Waals surface area contributed by atoms with Crippen LogP contribution in [0.2, 0.25) is 0 Å². The maximum atomic E-state index is 4.36. The molecule has 0 spiro atoms. The number of fused-ring (bicyclic) bond motifs is 3. The van der Waals surface area contributed by atoms with Crippen molar-refractivity contribution in [2.45, 2.75) is 50.5 Å². The molecule has 0 N–H and O–H groups in total. The van der Waals surface area contributed by atoms with E-state index >= 15 is 0 Å². The molecule has 2 aliphatic rings. The molecule has 0 amide bonds. The quantitative estimate of drug-likeness (QED) is 0.180. The first-order valence-electron chi connectivity index (χ1n) is 17.8. The standard InChI is InChI=1S/C47H38N2/c1-46-25-9-10-26-47(46,2)49(35-23-27-48-28-24-35)43-22-17-34(29-42(43)46)41-30-40(32-13-7-4-8-14-32)38-19-16-33-15-18-36(31-11-5-3-6-12-31)37-20-21-39(41)45(38)44(33)37/h3-8,11-24,27-30H,9-10,25-26H2,1-2H3. The van der Waals surface area contributed by atoms with Crippen molar-refractivity contribution in [2.24, 2.45) is 0 Å². The van der Waals surface area contributed by atoms with E-state index in [-0.39, 0.29) is 11.0 Å². The number of hydrogen-bond acceptors (Lipinski definition) is 2. The van der Waals surface area contributed by atoms with E-state index < -0.39 is 0 Å². The van der Waals surface area contributed by atoms with Crippen LogP contribution in [0.1, 0.15) is 45.1 Å². The fraction of sp³-hybridized carbons (Fsp3) is 0.170. The predicted octanol–water partition coefficient (Wildman–Crippen LogP) is 12.7. The van der Waals surface area contributed by atoms with Crippen molar-refractivity contribution in [3.05, 3.63) is 151 Å². The molecule has 10 rings (SSSR count). The van der Waals surface area contributed by atoms with Gasteiger partial charge in [-0.1, -0.05) is 123 Å². The molecule has 2 heterocycles. The Labute approximate surface area is 288 Å². The van der Waals surface area contributed by atoms with Gasteiger partial charge in [0.1, 0.15) is 0 Å². The molecule has 1 aromatic heterocycles. The second kappa shape index (κ2) is 10.5. The minimum absolute atomic E-state index is 0.000738. The van der Waals surface area contributed by atoms with Gasteiger partial charge < -0.3 is 4.90 Å². The van der Waals surface area contributed by atoms with Crippen molar-refractivity contribution in [1.29, 1.82) is 0 Å². The third kappa shape index (κ3) is 3.98. The third-order valence-electron chi connectivity index (χ3n) is 12.3. The Bertz CT molecular complexity index is 2520. The molecule has 1 fully saturated rings. The Morgan fingerprint density at radius 3 is 1.88 bits per heavy atom. The summed E-state index contributed by atoms with van der Waals surface area (Å²) in [7, 11) is 0. The summed E-state index contributed by atoms with van der Waals surface area (Å²) in [6, 6.07) is 50.0. The Kier molecular flexibility index (Phi) is 6.12. The molecular formula is C47H38N2. The number of pyridine rings is 1. The van der Waals surface area contributed by atoms with Gasteiger partial charge in [0.2, 0.25) is 0 Å². The summed E-state index contributed by atoms with van der Waals surface area (Å²) in [5, 5.41) is 7.94. The first kappa shape index (κ1) is 28.5. The Balaban J connectivity index is 1.27. The molecule has 1 aliphatic carbocycles. The summed E-state index contributed by atoms with van der Waals surface area (Å²) in [6.45, 7) is 5.03. The Morgan fingerprint density at radius 1 is 0.531 bits per heavy atom. The largest absolute Gasteiger partial charge is 0.334 e. The van der Waals surface area contributed by atoms with Crippen LogP contribution in [0.3, 0.4) is 0 Å². The zero-order valence-electron chi connectivity index (χ0n) is 28.1. The zero-order chi connectivity index (χ0) is 32.7. The number of hydrogen-bond donors (Lipinski definition) is 0. The molecule has 2 nitrogen and oxygen atoms in total. The fourth-order valence-electron chi connectivity index (χ4n) is 9.66. The van der Waals surface area contributed by atoms with E-state index in [1.54, 1.807) is 0 Å². The maximum absolute atomic E-state index is 4.36. The van der Waals surface area contributed by atoms with E-state index in [0.717, 1.165) is 0 Å². The SMILES string of the molecule is CC12CCCCC1(C)N(c1ccncc1)c1ccc(-c3cc(-c4ccccc4)c4ccc5ccc(-c6ccccc6)c6ccc3c4c56)cc12. The van der Waals surface area contributed by atoms with E-state index in [4.69, 9.17) is 0 Å². The molecule has 236 valence electrons. The van der Waals surface area contributed by atoms with Crippen molar-refractivity contribution in [3.8, 4) is 33.4 Å². The summed E-state index contributed by atoms with van der Waals surface area (Å²) in [5.74, 6) is 0. The Morgan fingerprint density at radius 2 is 1.14 bits per heavy atom. The molecule has 2 heteroatoms. The maximum Gasteiger partial charge on any atom is 0.0517 e. The van der Waals surface area contributed by atoms with Gasteiger partial charge in [-0.05, 0) is 121 Å². The lowest BCUT2D eigenvalue weighted by Gasteiger charge is -2.50. The van der Waals surface area contributed by atoms with Crippen molar-refractivity contribution in [1.82, 2.24) is 4.98 Å². The highest BCUT2D eigenvalue weighted by Crippen LogP contribution is 2.61. The van der Waals surface area contributed by atoms with Crippen LogP contribution in [-0.4, -0.2) is 10.5 Å². The van der Waals surface area contributed by atoms with Gasteiger partial charge in [0.25, 0.3) is 0 Å². The van der Waals surface area contributed by atoms with E-state index in [0.29, 0.717) is 0 Å². The topological polar surface area (TPSA) is 16.1 Å². The van der Waals surface area contributed by atoms with Crippen LogP contribution >= 0.6 is 0 Å². The molecule has 49 heavy (non-hydrogen) atoms. The summed E-state index contributed by atoms with van der Waals surface area (Å²) < 4.78 is 0. The lowest BCUT2D eigenvalue weighted by atomic mass is 9.61. The average Bonchev–Trinajstić information content (AvgIpc) is 3.37. The van der Waals surface area contributed by atoms with Crippen LogP contribution in [0.15, 0.2) is 146 Å². The van der Waals surface area contributed by atoms with E-state index in [1.165, 1.54) is 108 Å². The minimum Gasteiger partial charge on any atom is -0.334 e. The number of aromatic nitrogens is 1. The molecule has 0 saturated heterocycles. The van der Waals surface area contributed by atoms with Crippen LogP contribution in [0.4, 0.5) is 11.4 Å². The second-order valence-corrected chi connectivity index (χ2v) is 14.6. The highest BCUT2D eigenvalue weighted by molar-refractivity contribution is 6.30. The van der Waals surface area contributed by atoms with Crippen LogP contribution in [0.25, 0.3) is 65.7 Å². The van der Waals surface area contributed by atoms with E-state index in [9.17, 15) is 0 Å².